The van der Waals surface area contributed by atoms with Crippen LogP contribution < -0.4 is 5.32 Å². The van der Waals surface area contributed by atoms with Gasteiger partial charge in [-0.25, -0.2) is 4.98 Å². The third-order valence-corrected chi connectivity index (χ3v) is 5.28. The lowest BCUT2D eigenvalue weighted by atomic mass is 9.81. The van der Waals surface area contributed by atoms with Crippen molar-refractivity contribution in [2.24, 2.45) is 5.92 Å². The van der Waals surface area contributed by atoms with Crippen molar-refractivity contribution >= 4 is 21.8 Å². The van der Waals surface area contributed by atoms with E-state index in [-0.39, 0.29) is 11.8 Å². The summed E-state index contributed by atoms with van der Waals surface area (Å²) >= 11 is 3.50. The van der Waals surface area contributed by atoms with Crippen LogP contribution in [0.15, 0.2) is 34.9 Å². The highest BCUT2D eigenvalue weighted by Crippen LogP contribution is 2.35. The van der Waals surface area contributed by atoms with Crippen LogP contribution in [-0.4, -0.2) is 33.6 Å². The second-order valence-electron chi connectivity index (χ2n) is 6.84. The molecule has 1 amide bonds. The SMILES string of the molecule is CC(O)CNC(=O)C1CCC(c2ncc(-c3cccc(Br)c3)[nH]2)CC1. The summed E-state index contributed by atoms with van der Waals surface area (Å²) in [5, 5.41) is 12.1. The summed E-state index contributed by atoms with van der Waals surface area (Å²) in [4.78, 5) is 20.1. The summed E-state index contributed by atoms with van der Waals surface area (Å²) in [7, 11) is 0. The molecule has 1 fully saturated rings. The van der Waals surface area contributed by atoms with E-state index >= 15 is 0 Å². The number of imidazole rings is 1. The summed E-state index contributed by atoms with van der Waals surface area (Å²) in [5.41, 5.74) is 2.13. The van der Waals surface area contributed by atoms with Crippen molar-refractivity contribution in [3.05, 3.63) is 40.8 Å². The van der Waals surface area contributed by atoms with Gasteiger partial charge in [-0.3, -0.25) is 4.79 Å². The minimum Gasteiger partial charge on any atom is -0.392 e. The number of nitrogens with one attached hydrogen (secondary N) is 2. The van der Waals surface area contributed by atoms with E-state index < -0.39 is 6.10 Å². The minimum atomic E-state index is -0.500. The van der Waals surface area contributed by atoms with E-state index in [1.165, 1.54) is 0 Å². The quantitative estimate of drug-likeness (QED) is 0.710. The molecule has 6 heteroatoms. The Bertz CT molecular complexity index is 721. The second-order valence-corrected chi connectivity index (χ2v) is 7.75. The standard InChI is InChI=1S/C19H24BrN3O2/c1-12(24)10-22-19(25)14-7-5-13(6-8-14)18-21-11-17(23-18)15-3-2-4-16(20)9-15/h2-4,9,11-14,24H,5-8,10H2,1H3,(H,21,23)(H,22,25). The molecule has 134 valence electrons. The van der Waals surface area contributed by atoms with Crippen molar-refractivity contribution in [1.82, 2.24) is 15.3 Å². The molecule has 0 aliphatic heterocycles. The number of aromatic amines is 1. The Morgan fingerprint density at radius 2 is 2.16 bits per heavy atom. The number of aromatic nitrogens is 2. The molecular weight excluding hydrogens is 382 g/mol. The first-order chi connectivity index (χ1) is 12.0. The number of carbonyl (C=O) groups is 1. The zero-order chi connectivity index (χ0) is 17.8. The summed E-state index contributed by atoms with van der Waals surface area (Å²) in [6.07, 6.45) is 5.03. The van der Waals surface area contributed by atoms with Crippen molar-refractivity contribution in [3.63, 3.8) is 0 Å². The Morgan fingerprint density at radius 3 is 2.84 bits per heavy atom. The highest BCUT2D eigenvalue weighted by molar-refractivity contribution is 9.10. The van der Waals surface area contributed by atoms with Crippen LogP contribution in [0.3, 0.4) is 0 Å². The molecule has 0 spiro atoms. The number of amides is 1. The molecule has 1 aromatic carbocycles. The Hall–Kier alpha value is -1.66. The predicted octanol–water partition coefficient (Wildman–Crippen LogP) is 3.61. The molecule has 0 saturated heterocycles. The van der Waals surface area contributed by atoms with Gasteiger partial charge < -0.3 is 15.4 Å². The molecular formula is C19H24BrN3O2. The molecule has 5 nitrogen and oxygen atoms in total. The Balaban J connectivity index is 1.58. The minimum absolute atomic E-state index is 0.0505. The van der Waals surface area contributed by atoms with E-state index in [9.17, 15) is 9.90 Å². The Morgan fingerprint density at radius 1 is 1.40 bits per heavy atom. The molecule has 25 heavy (non-hydrogen) atoms. The summed E-state index contributed by atoms with van der Waals surface area (Å²) in [6, 6.07) is 8.15. The molecule has 1 atom stereocenters. The number of H-pyrrole nitrogens is 1. The molecule has 1 aliphatic rings. The summed E-state index contributed by atoms with van der Waals surface area (Å²) < 4.78 is 1.05. The molecule has 2 aromatic rings. The van der Waals surface area contributed by atoms with Crippen molar-refractivity contribution in [2.75, 3.05) is 6.54 Å². The van der Waals surface area contributed by atoms with Crippen LogP contribution in [0.2, 0.25) is 0 Å². The number of carbonyl (C=O) groups excluding carboxylic acids is 1. The smallest absolute Gasteiger partial charge is 0.223 e. The normalized spacial score (nSPS) is 21.7. The molecule has 1 aromatic heterocycles. The van der Waals surface area contributed by atoms with Crippen molar-refractivity contribution in [1.29, 1.82) is 0 Å². The van der Waals surface area contributed by atoms with E-state index in [0.717, 1.165) is 47.2 Å². The first kappa shape index (κ1) is 18.1. The van der Waals surface area contributed by atoms with Gasteiger partial charge in [-0.05, 0) is 44.7 Å². The molecule has 1 heterocycles. The van der Waals surface area contributed by atoms with Crippen molar-refractivity contribution in [3.8, 4) is 11.3 Å². The van der Waals surface area contributed by atoms with Gasteiger partial charge in [0.1, 0.15) is 5.82 Å². The first-order valence-electron chi connectivity index (χ1n) is 8.79. The van der Waals surface area contributed by atoms with Crippen LogP contribution >= 0.6 is 15.9 Å². The van der Waals surface area contributed by atoms with Gasteiger partial charge in [-0.2, -0.15) is 0 Å². The molecule has 1 unspecified atom stereocenters. The monoisotopic (exact) mass is 405 g/mol. The molecule has 0 bridgehead atoms. The lowest BCUT2D eigenvalue weighted by Gasteiger charge is -2.26. The van der Waals surface area contributed by atoms with Gasteiger partial charge in [-0.15, -0.1) is 0 Å². The first-order valence-corrected chi connectivity index (χ1v) is 9.59. The largest absolute Gasteiger partial charge is 0.392 e. The van der Waals surface area contributed by atoms with Crippen LogP contribution in [0, 0.1) is 5.92 Å². The van der Waals surface area contributed by atoms with Crippen LogP contribution in [0.4, 0.5) is 0 Å². The van der Waals surface area contributed by atoms with E-state index in [1.54, 1.807) is 6.92 Å². The van der Waals surface area contributed by atoms with Crippen LogP contribution in [0.1, 0.15) is 44.3 Å². The zero-order valence-corrected chi connectivity index (χ0v) is 15.9. The summed E-state index contributed by atoms with van der Waals surface area (Å²) in [6.45, 7) is 2.00. The fourth-order valence-electron chi connectivity index (χ4n) is 3.37. The zero-order valence-electron chi connectivity index (χ0n) is 14.3. The average molecular weight is 406 g/mol. The van der Waals surface area contributed by atoms with Gasteiger partial charge in [0.05, 0.1) is 18.0 Å². The molecule has 0 radical (unpaired) electrons. The number of halogens is 1. The van der Waals surface area contributed by atoms with Gasteiger partial charge in [0.25, 0.3) is 0 Å². The lowest BCUT2D eigenvalue weighted by molar-refractivity contribution is -0.126. The number of aliphatic hydroxyl groups is 1. The number of aliphatic hydroxyl groups excluding tert-OH is 1. The molecule has 1 aliphatic carbocycles. The van der Waals surface area contributed by atoms with Gasteiger partial charge in [-0.1, -0.05) is 28.1 Å². The van der Waals surface area contributed by atoms with E-state index in [1.807, 2.05) is 18.3 Å². The topological polar surface area (TPSA) is 78.0 Å². The van der Waals surface area contributed by atoms with Gasteiger partial charge in [0.15, 0.2) is 0 Å². The molecule has 3 rings (SSSR count). The maximum Gasteiger partial charge on any atom is 0.223 e. The fourth-order valence-corrected chi connectivity index (χ4v) is 3.77. The van der Waals surface area contributed by atoms with E-state index in [4.69, 9.17) is 0 Å². The third-order valence-electron chi connectivity index (χ3n) is 4.79. The lowest BCUT2D eigenvalue weighted by Crippen LogP contribution is -2.36. The number of hydrogen-bond acceptors (Lipinski definition) is 3. The maximum absolute atomic E-state index is 12.1. The van der Waals surface area contributed by atoms with Gasteiger partial charge >= 0.3 is 0 Å². The van der Waals surface area contributed by atoms with E-state index in [2.05, 4.69) is 43.3 Å². The Kier molecular flexibility index (Phi) is 5.91. The van der Waals surface area contributed by atoms with Gasteiger partial charge in [0.2, 0.25) is 5.91 Å². The maximum atomic E-state index is 12.1. The van der Waals surface area contributed by atoms with E-state index in [0.29, 0.717) is 12.5 Å². The third kappa shape index (κ3) is 4.70. The Labute approximate surface area is 156 Å². The number of nitrogens with zero attached hydrogens (tertiary/aromatic N) is 1. The van der Waals surface area contributed by atoms with Crippen molar-refractivity contribution in [2.45, 2.75) is 44.6 Å². The number of rotatable bonds is 5. The summed E-state index contributed by atoms with van der Waals surface area (Å²) in [5.74, 6) is 1.50. The molecule has 3 N–H and O–H groups in total. The fraction of sp³-hybridized carbons (Fsp3) is 0.474. The number of hydrogen-bond donors (Lipinski definition) is 3. The van der Waals surface area contributed by atoms with Gasteiger partial charge in [0, 0.05) is 28.4 Å². The number of benzene rings is 1. The molecule has 1 saturated carbocycles. The second kappa shape index (κ2) is 8.15. The highest BCUT2D eigenvalue weighted by Gasteiger charge is 2.28. The van der Waals surface area contributed by atoms with Crippen LogP contribution in [0.5, 0.6) is 0 Å². The highest BCUT2D eigenvalue weighted by atomic mass is 79.9. The average Bonchev–Trinajstić information content (AvgIpc) is 3.10. The predicted molar refractivity (Wildman–Crippen MR) is 101 cm³/mol. The van der Waals surface area contributed by atoms with Crippen molar-refractivity contribution < 1.29 is 9.90 Å². The van der Waals surface area contributed by atoms with Crippen LogP contribution in [-0.2, 0) is 4.79 Å². The van der Waals surface area contributed by atoms with Crippen LogP contribution in [0.25, 0.3) is 11.3 Å².